The van der Waals surface area contributed by atoms with Gasteiger partial charge in [-0.25, -0.2) is 9.37 Å². The number of hydrogen-bond acceptors (Lipinski definition) is 3. The van der Waals surface area contributed by atoms with Gasteiger partial charge in [-0.05, 0) is 30.7 Å². The van der Waals surface area contributed by atoms with Gasteiger partial charge in [-0.15, -0.1) is 11.8 Å². The third kappa shape index (κ3) is 3.13. The second kappa shape index (κ2) is 6.74. The number of thioether (sulfide) groups is 1. The van der Waals surface area contributed by atoms with Gasteiger partial charge >= 0.3 is 0 Å². The Morgan fingerprint density at radius 1 is 1.43 bits per heavy atom. The first-order valence-corrected chi connectivity index (χ1v) is 8.93. The quantitative estimate of drug-likeness (QED) is 0.807. The number of carbonyl (C=O) groups excluding carboxylic acids is 1. The van der Waals surface area contributed by atoms with Gasteiger partial charge in [-0.1, -0.05) is 13.0 Å². The molecule has 0 aliphatic carbocycles. The SMILES string of the molecule is CSc1cccc(F)c1C(=O)N1CC[C@@H](C)[C@H](n2ccnc2)C1. The Hall–Kier alpha value is -1.82. The zero-order valence-corrected chi connectivity index (χ0v) is 14.1. The first-order chi connectivity index (χ1) is 11.1. The molecular formula is C17H20FN3OS. The summed E-state index contributed by atoms with van der Waals surface area (Å²) in [6.45, 7) is 3.43. The number of halogens is 1. The molecule has 0 spiro atoms. The van der Waals surface area contributed by atoms with E-state index in [9.17, 15) is 9.18 Å². The van der Waals surface area contributed by atoms with Crippen LogP contribution in [0.25, 0.3) is 0 Å². The Kier molecular flexibility index (Phi) is 4.71. The summed E-state index contributed by atoms with van der Waals surface area (Å²) < 4.78 is 16.3. The van der Waals surface area contributed by atoms with Gasteiger partial charge in [-0.2, -0.15) is 0 Å². The van der Waals surface area contributed by atoms with Crippen LogP contribution >= 0.6 is 11.8 Å². The summed E-state index contributed by atoms with van der Waals surface area (Å²) in [5.41, 5.74) is 0.193. The van der Waals surface area contributed by atoms with Crippen molar-refractivity contribution in [2.75, 3.05) is 19.3 Å². The molecule has 0 radical (unpaired) electrons. The van der Waals surface area contributed by atoms with E-state index in [1.807, 2.05) is 17.0 Å². The van der Waals surface area contributed by atoms with Crippen LogP contribution in [0.15, 0.2) is 41.8 Å². The lowest BCUT2D eigenvalue weighted by atomic mass is 9.93. The average Bonchev–Trinajstić information content (AvgIpc) is 3.08. The molecule has 2 atom stereocenters. The highest BCUT2D eigenvalue weighted by molar-refractivity contribution is 7.98. The van der Waals surface area contributed by atoms with Crippen molar-refractivity contribution >= 4 is 17.7 Å². The number of likely N-dealkylation sites (tertiary alicyclic amines) is 1. The van der Waals surface area contributed by atoms with E-state index in [1.165, 1.54) is 17.8 Å². The fraction of sp³-hybridized carbons (Fsp3) is 0.412. The molecule has 2 aromatic rings. The van der Waals surface area contributed by atoms with Crippen molar-refractivity contribution in [2.24, 2.45) is 5.92 Å². The van der Waals surface area contributed by atoms with Crippen LogP contribution in [0.3, 0.4) is 0 Å². The van der Waals surface area contributed by atoms with Crippen molar-refractivity contribution in [1.82, 2.24) is 14.5 Å². The van der Waals surface area contributed by atoms with Crippen LogP contribution in [0.2, 0.25) is 0 Å². The molecule has 23 heavy (non-hydrogen) atoms. The third-order valence-electron chi connectivity index (χ3n) is 4.52. The predicted octanol–water partition coefficient (Wildman–Crippen LogP) is 3.47. The van der Waals surface area contributed by atoms with Crippen molar-refractivity contribution in [3.8, 4) is 0 Å². The number of imidazole rings is 1. The highest BCUT2D eigenvalue weighted by atomic mass is 32.2. The van der Waals surface area contributed by atoms with Crippen LogP contribution in [0.1, 0.15) is 29.7 Å². The molecule has 1 aliphatic rings. The Morgan fingerprint density at radius 2 is 2.26 bits per heavy atom. The first-order valence-electron chi connectivity index (χ1n) is 7.71. The Morgan fingerprint density at radius 3 is 2.96 bits per heavy atom. The highest BCUT2D eigenvalue weighted by Gasteiger charge is 2.32. The molecule has 0 bridgehead atoms. The Bertz CT molecular complexity index is 689. The fourth-order valence-corrected chi connectivity index (χ4v) is 3.73. The summed E-state index contributed by atoms with van der Waals surface area (Å²) in [5, 5.41) is 0. The molecule has 3 rings (SSSR count). The molecule has 122 valence electrons. The molecule has 1 amide bonds. The van der Waals surface area contributed by atoms with Crippen LogP contribution in [0.4, 0.5) is 4.39 Å². The predicted molar refractivity (Wildman–Crippen MR) is 89.1 cm³/mol. The number of nitrogens with zero attached hydrogens (tertiary/aromatic N) is 3. The normalized spacial score (nSPS) is 21.4. The van der Waals surface area contributed by atoms with Gasteiger partial charge in [0.25, 0.3) is 5.91 Å². The maximum absolute atomic E-state index is 14.2. The van der Waals surface area contributed by atoms with Gasteiger partial charge in [0.1, 0.15) is 5.82 Å². The van der Waals surface area contributed by atoms with E-state index in [0.29, 0.717) is 23.9 Å². The van der Waals surface area contributed by atoms with Crippen LogP contribution in [-0.2, 0) is 0 Å². The van der Waals surface area contributed by atoms with E-state index in [4.69, 9.17) is 0 Å². The number of amides is 1. The topological polar surface area (TPSA) is 38.1 Å². The smallest absolute Gasteiger partial charge is 0.258 e. The summed E-state index contributed by atoms with van der Waals surface area (Å²) in [4.78, 5) is 19.4. The largest absolute Gasteiger partial charge is 0.336 e. The number of rotatable bonds is 3. The molecule has 4 nitrogen and oxygen atoms in total. The Balaban J connectivity index is 1.86. The molecule has 2 heterocycles. The molecule has 1 saturated heterocycles. The minimum Gasteiger partial charge on any atom is -0.336 e. The zero-order chi connectivity index (χ0) is 16.4. The minimum absolute atomic E-state index is 0.180. The summed E-state index contributed by atoms with van der Waals surface area (Å²) >= 11 is 1.40. The van der Waals surface area contributed by atoms with Crippen LogP contribution in [0.5, 0.6) is 0 Å². The molecule has 1 aromatic carbocycles. The summed E-state index contributed by atoms with van der Waals surface area (Å²) in [6.07, 6.45) is 8.21. The van der Waals surface area contributed by atoms with Crippen molar-refractivity contribution in [2.45, 2.75) is 24.3 Å². The van der Waals surface area contributed by atoms with Gasteiger partial charge in [0.15, 0.2) is 0 Å². The molecule has 0 unspecified atom stereocenters. The van der Waals surface area contributed by atoms with Gasteiger partial charge in [-0.3, -0.25) is 4.79 Å². The van der Waals surface area contributed by atoms with E-state index < -0.39 is 5.82 Å². The van der Waals surface area contributed by atoms with Gasteiger partial charge < -0.3 is 9.47 Å². The second-order valence-corrected chi connectivity index (χ2v) is 6.76. The van der Waals surface area contributed by atoms with E-state index in [-0.39, 0.29) is 17.5 Å². The molecule has 0 saturated carbocycles. The third-order valence-corrected chi connectivity index (χ3v) is 5.30. The number of carbonyl (C=O) groups is 1. The van der Waals surface area contributed by atoms with E-state index in [1.54, 1.807) is 29.6 Å². The standard InChI is InChI=1S/C17H20FN3OS/c1-12-6-8-20(10-14(12)21-9-7-19-11-21)17(22)16-13(18)4-3-5-15(16)23-2/h3-5,7,9,11-12,14H,6,8,10H2,1-2H3/t12-,14-/m1/s1. The highest BCUT2D eigenvalue weighted by Crippen LogP contribution is 2.30. The number of piperidine rings is 1. The molecule has 1 aromatic heterocycles. The van der Waals surface area contributed by atoms with E-state index in [2.05, 4.69) is 11.9 Å². The summed E-state index contributed by atoms with van der Waals surface area (Å²) in [6, 6.07) is 4.97. The van der Waals surface area contributed by atoms with Crippen LogP contribution in [-0.4, -0.2) is 39.7 Å². The Labute approximate surface area is 139 Å². The lowest BCUT2D eigenvalue weighted by Gasteiger charge is -2.38. The van der Waals surface area contributed by atoms with E-state index >= 15 is 0 Å². The monoisotopic (exact) mass is 333 g/mol. The van der Waals surface area contributed by atoms with Crippen LogP contribution in [0, 0.1) is 11.7 Å². The van der Waals surface area contributed by atoms with Crippen LogP contribution < -0.4 is 0 Å². The maximum Gasteiger partial charge on any atom is 0.258 e. The summed E-state index contributed by atoms with van der Waals surface area (Å²) in [7, 11) is 0. The molecule has 0 N–H and O–H groups in total. The minimum atomic E-state index is -0.445. The lowest BCUT2D eigenvalue weighted by molar-refractivity contribution is 0.0613. The lowest BCUT2D eigenvalue weighted by Crippen LogP contribution is -2.44. The molecule has 1 aliphatic heterocycles. The van der Waals surface area contributed by atoms with E-state index in [0.717, 1.165) is 6.42 Å². The van der Waals surface area contributed by atoms with Crippen molar-refractivity contribution < 1.29 is 9.18 Å². The first kappa shape index (κ1) is 16.1. The van der Waals surface area contributed by atoms with Crippen molar-refractivity contribution in [3.05, 3.63) is 48.3 Å². The van der Waals surface area contributed by atoms with Gasteiger partial charge in [0.05, 0.1) is 17.9 Å². The number of hydrogen-bond donors (Lipinski definition) is 0. The maximum atomic E-state index is 14.2. The zero-order valence-electron chi connectivity index (χ0n) is 13.3. The van der Waals surface area contributed by atoms with Crippen molar-refractivity contribution in [3.63, 3.8) is 0 Å². The molecule has 6 heteroatoms. The van der Waals surface area contributed by atoms with Crippen molar-refractivity contribution in [1.29, 1.82) is 0 Å². The summed E-state index contributed by atoms with van der Waals surface area (Å²) in [5.74, 6) is -0.210. The second-order valence-electron chi connectivity index (χ2n) is 5.91. The molecular weight excluding hydrogens is 313 g/mol. The van der Waals surface area contributed by atoms with Gasteiger partial charge in [0.2, 0.25) is 0 Å². The average molecular weight is 333 g/mol. The van der Waals surface area contributed by atoms with Gasteiger partial charge in [0, 0.05) is 30.4 Å². The number of aromatic nitrogens is 2. The number of benzene rings is 1. The fourth-order valence-electron chi connectivity index (χ4n) is 3.13. The molecule has 1 fully saturated rings.